The van der Waals surface area contributed by atoms with Gasteiger partial charge in [0.2, 0.25) is 0 Å². The highest BCUT2D eigenvalue weighted by Crippen LogP contribution is 2.58. The highest BCUT2D eigenvalue weighted by Gasteiger charge is 2.53. The fraction of sp³-hybridized carbons (Fsp3) is 0.360. The zero-order valence-corrected chi connectivity index (χ0v) is 19.7. The van der Waals surface area contributed by atoms with E-state index in [0.717, 1.165) is 30.4 Å². The van der Waals surface area contributed by atoms with E-state index in [1.165, 1.54) is 12.1 Å². The molecule has 3 aromatic rings. The lowest BCUT2D eigenvalue weighted by Crippen LogP contribution is -2.49. The van der Waals surface area contributed by atoms with Crippen LogP contribution in [0.2, 0.25) is 0 Å². The number of alkyl halides is 3. The van der Waals surface area contributed by atoms with Gasteiger partial charge in [0, 0.05) is 18.9 Å². The summed E-state index contributed by atoms with van der Waals surface area (Å²) in [4.78, 5) is 25.6. The van der Waals surface area contributed by atoms with E-state index in [-0.39, 0.29) is 11.0 Å². The van der Waals surface area contributed by atoms with Crippen molar-refractivity contribution in [1.82, 2.24) is 19.3 Å². The number of hydrogen-bond donors (Lipinski definition) is 1. The van der Waals surface area contributed by atoms with Gasteiger partial charge >= 0.3 is 6.18 Å². The molecule has 10 heteroatoms. The Morgan fingerprint density at radius 3 is 2.54 bits per heavy atom. The lowest BCUT2D eigenvalue weighted by Gasteiger charge is -2.52. The number of halogens is 3. The van der Waals surface area contributed by atoms with Gasteiger partial charge in [0.15, 0.2) is 0 Å². The minimum atomic E-state index is -4.61. The Balaban J connectivity index is 1.68. The SMILES string of the molecule is C=Cc1cc(C(=O)Nc2cccc(C3(c4nncn4C)CC(C)(C)C3)c2)c(=O)n(CC(F)(F)F)c1. The van der Waals surface area contributed by atoms with Crippen molar-refractivity contribution in [2.45, 2.75) is 44.8 Å². The van der Waals surface area contributed by atoms with E-state index >= 15 is 0 Å². The second kappa shape index (κ2) is 8.51. The van der Waals surface area contributed by atoms with Crippen molar-refractivity contribution in [1.29, 1.82) is 0 Å². The second-order valence-corrected chi connectivity index (χ2v) is 9.84. The molecule has 0 atom stereocenters. The molecule has 0 saturated heterocycles. The van der Waals surface area contributed by atoms with Gasteiger partial charge in [-0.15, -0.1) is 10.2 Å². The first-order valence-corrected chi connectivity index (χ1v) is 11.0. The molecule has 35 heavy (non-hydrogen) atoms. The average molecular weight is 486 g/mol. The number of benzene rings is 1. The van der Waals surface area contributed by atoms with E-state index in [2.05, 4.69) is 35.9 Å². The first-order chi connectivity index (χ1) is 16.3. The fourth-order valence-electron chi connectivity index (χ4n) is 5.13. The molecule has 1 amide bonds. The summed E-state index contributed by atoms with van der Waals surface area (Å²) in [7, 11) is 1.88. The summed E-state index contributed by atoms with van der Waals surface area (Å²) in [5.74, 6) is 0.0162. The molecule has 2 heterocycles. The zero-order chi connectivity index (χ0) is 25.6. The van der Waals surface area contributed by atoms with Gasteiger partial charge in [0.05, 0.1) is 5.41 Å². The third kappa shape index (κ3) is 4.78. The molecule has 1 N–H and O–H groups in total. The van der Waals surface area contributed by atoms with Crippen LogP contribution in [0.5, 0.6) is 0 Å². The number of rotatable bonds is 6. The molecule has 0 bridgehead atoms. The van der Waals surface area contributed by atoms with E-state index < -0.39 is 35.2 Å². The number of amides is 1. The van der Waals surface area contributed by atoms with E-state index in [1.54, 1.807) is 18.5 Å². The van der Waals surface area contributed by atoms with Gasteiger partial charge in [-0.1, -0.05) is 38.6 Å². The maximum Gasteiger partial charge on any atom is 0.406 e. The molecular weight excluding hydrogens is 459 g/mol. The van der Waals surface area contributed by atoms with Crippen molar-refractivity contribution < 1.29 is 18.0 Å². The molecule has 1 saturated carbocycles. The Labute approximate surface area is 200 Å². The van der Waals surface area contributed by atoms with E-state index in [1.807, 2.05) is 23.7 Å². The molecule has 0 aliphatic heterocycles. The molecule has 0 spiro atoms. The number of carbonyl (C=O) groups is 1. The Morgan fingerprint density at radius 1 is 1.26 bits per heavy atom. The number of pyridine rings is 1. The number of anilines is 1. The number of carbonyl (C=O) groups excluding carboxylic acids is 1. The van der Waals surface area contributed by atoms with Gasteiger partial charge in [0.25, 0.3) is 11.5 Å². The summed E-state index contributed by atoms with van der Waals surface area (Å²) >= 11 is 0. The van der Waals surface area contributed by atoms with Crippen LogP contribution >= 0.6 is 0 Å². The molecule has 1 aliphatic rings. The van der Waals surface area contributed by atoms with Crippen LogP contribution in [0.3, 0.4) is 0 Å². The van der Waals surface area contributed by atoms with Gasteiger partial charge in [-0.25, -0.2) is 0 Å². The molecule has 7 nitrogen and oxygen atoms in total. The zero-order valence-electron chi connectivity index (χ0n) is 19.7. The lowest BCUT2D eigenvalue weighted by molar-refractivity contribution is -0.141. The molecular formula is C25H26F3N5O2. The van der Waals surface area contributed by atoms with Crippen molar-refractivity contribution in [3.05, 3.63) is 82.3 Å². The normalized spacial score (nSPS) is 16.4. The Hall–Kier alpha value is -3.69. The summed E-state index contributed by atoms with van der Waals surface area (Å²) in [6, 6.07) is 8.45. The highest BCUT2D eigenvalue weighted by molar-refractivity contribution is 6.04. The van der Waals surface area contributed by atoms with E-state index in [0.29, 0.717) is 10.3 Å². The van der Waals surface area contributed by atoms with Crippen LogP contribution in [0.4, 0.5) is 18.9 Å². The number of aryl methyl sites for hydroxylation is 1. The Bertz CT molecular complexity index is 1350. The molecule has 1 aliphatic carbocycles. The lowest BCUT2D eigenvalue weighted by atomic mass is 9.51. The van der Waals surface area contributed by atoms with Gasteiger partial charge in [-0.2, -0.15) is 13.2 Å². The topological polar surface area (TPSA) is 81.8 Å². The maximum atomic E-state index is 13.0. The Morgan fingerprint density at radius 2 is 1.97 bits per heavy atom. The summed E-state index contributed by atoms with van der Waals surface area (Å²) in [5, 5.41) is 11.0. The van der Waals surface area contributed by atoms with Crippen LogP contribution < -0.4 is 10.9 Å². The minimum Gasteiger partial charge on any atom is -0.322 e. The molecule has 1 fully saturated rings. The van der Waals surface area contributed by atoms with Crippen LogP contribution in [-0.2, 0) is 19.0 Å². The number of aromatic nitrogens is 4. The summed E-state index contributed by atoms with van der Waals surface area (Å²) < 4.78 is 41.2. The predicted octanol–water partition coefficient (Wildman–Crippen LogP) is 4.54. The third-order valence-corrected chi connectivity index (χ3v) is 6.31. The van der Waals surface area contributed by atoms with Gasteiger partial charge in [-0.3, -0.25) is 9.59 Å². The molecule has 184 valence electrons. The van der Waals surface area contributed by atoms with Crippen LogP contribution in [0.1, 0.15) is 54.0 Å². The standard InChI is InChI=1S/C25H26F3N5O2/c1-5-16-9-19(21(35)33(11-16)14-25(26,27)28)20(34)30-18-8-6-7-17(10-18)24(12-23(2,3)13-24)22-31-29-15-32(22)4/h5-11,15H,1,12-14H2,2-4H3,(H,30,34). The van der Waals surface area contributed by atoms with Crippen LogP contribution in [0.15, 0.2) is 54.2 Å². The van der Waals surface area contributed by atoms with Gasteiger partial charge < -0.3 is 14.5 Å². The molecule has 1 aromatic carbocycles. The Kier molecular flexibility index (Phi) is 5.94. The first-order valence-electron chi connectivity index (χ1n) is 11.0. The van der Waals surface area contributed by atoms with Crippen LogP contribution in [0.25, 0.3) is 6.08 Å². The van der Waals surface area contributed by atoms with Crippen molar-refractivity contribution in [2.24, 2.45) is 12.5 Å². The largest absolute Gasteiger partial charge is 0.406 e. The van der Waals surface area contributed by atoms with E-state index in [9.17, 15) is 22.8 Å². The van der Waals surface area contributed by atoms with Crippen molar-refractivity contribution >= 4 is 17.7 Å². The quantitative estimate of drug-likeness (QED) is 0.556. The van der Waals surface area contributed by atoms with E-state index in [4.69, 9.17) is 0 Å². The molecule has 0 unspecified atom stereocenters. The third-order valence-electron chi connectivity index (χ3n) is 6.31. The summed E-state index contributed by atoms with van der Waals surface area (Å²) in [6.07, 6.45) is 1.000. The highest BCUT2D eigenvalue weighted by atomic mass is 19.4. The molecule has 0 radical (unpaired) electrons. The van der Waals surface area contributed by atoms with Gasteiger partial charge in [-0.05, 0) is 47.6 Å². The van der Waals surface area contributed by atoms with Crippen molar-refractivity contribution in [3.8, 4) is 0 Å². The summed E-state index contributed by atoms with van der Waals surface area (Å²) in [6.45, 7) is 6.38. The first kappa shape index (κ1) is 24.4. The van der Waals surface area contributed by atoms with Crippen molar-refractivity contribution in [3.63, 3.8) is 0 Å². The number of hydrogen-bond acceptors (Lipinski definition) is 4. The fourth-order valence-corrected chi connectivity index (χ4v) is 5.13. The van der Waals surface area contributed by atoms with Crippen LogP contribution in [0, 0.1) is 5.41 Å². The van der Waals surface area contributed by atoms with Gasteiger partial charge in [0.1, 0.15) is 24.3 Å². The monoisotopic (exact) mass is 485 g/mol. The maximum absolute atomic E-state index is 13.0. The molecule has 4 rings (SSSR count). The number of nitrogens with one attached hydrogen (secondary N) is 1. The number of nitrogens with zero attached hydrogens (tertiary/aromatic N) is 4. The molecule has 2 aromatic heterocycles. The summed E-state index contributed by atoms with van der Waals surface area (Å²) in [5.41, 5.74) is -0.143. The van der Waals surface area contributed by atoms with Crippen molar-refractivity contribution in [2.75, 3.05) is 5.32 Å². The smallest absolute Gasteiger partial charge is 0.322 e. The minimum absolute atomic E-state index is 0.0971. The second-order valence-electron chi connectivity index (χ2n) is 9.84. The van der Waals surface area contributed by atoms with Crippen LogP contribution in [-0.4, -0.2) is 31.4 Å². The average Bonchev–Trinajstić information content (AvgIpc) is 3.18. The predicted molar refractivity (Wildman–Crippen MR) is 126 cm³/mol.